The molecule has 2 aromatic carbocycles. The van der Waals surface area contributed by atoms with E-state index in [1.54, 1.807) is 7.11 Å². The van der Waals surface area contributed by atoms with Crippen LogP contribution in [0.25, 0.3) is 0 Å². The zero-order valence-corrected chi connectivity index (χ0v) is 11.6. The first-order chi connectivity index (χ1) is 9.78. The van der Waals surface area contributed by atoms with Crippen molar-refractivity contribution in [1.29, 1.82) is 0 Å². The van der Waals surface area contributed by atoms with E-state index in [-0.39, 0.29) is 6.04 Å². The van der Waals surface area contributed by atoms with Crippen LogP contribution in [0, 0.1) is 0 Å². The van der Waals surface area contributed by atoms with E-state index in [0.717, 1.165) is 29.9 Å². The number of ether oxygens (including phenoxy) is 2. The maximum Gasteiger partial charge on any atom is 0.125 e. The minimum atomic E-state index is 0.188. The highest BCUT2D eigenvalue weighted by molar-refractivity contribution is 5.41. The molecule has 1 aliphatic carbocycles. The van der Waals surface area contributed by atoms with Gasteiger partial charge < -0.3 is 15.2 Å². The topological polar surface area (TPSA) is 44.5 Å². The highest BCUT2D eigenvalue weighted by atomic mass is 16.5. The molecule has 0 radical (unpaired) electrons. The molecule has 0 fully saturated rings. The lowest BCUT2D eigenvalue weighted by Crippen LogP contribution is -2.05. The molecule has 0 aromatic heterocycles. The van der Waals surface area contributed by atoms with Gasteiger partial charge in [-0.25, -0.2) is 0 Å². The second-order valence-electron chi connectivity index (χ2n) is 5.11. The molecule has 3 nitrogen and oxygen atoms in total. The first kappa shape index (κ1) is 13.0. The summed E-state index contributed by atoms with van der Waals surface area (Å²) >= 11 is 0. The number of fused-ring (bicyclic) bond motifs is 1. The van der Waals surface area contributed by atoms with E-state index in [9.17, 15) is 0 Å². The smallest absolute Gasteiger partial charge is 0.125 e. The zero-order chi connectivity index (χ0) is 13.9. The van der Waals surface area contributed by atoms with Gasteiger partial charge in [-0.1, -0.05) is 24.3 Å². The van der Waals surface area contributed by atoms with Crippen molar-refractivity contribution in [1.82, 2.24) is 0 Å². The second-order valence-corrected chi connectivity index (χ2v) is 5.11. The van der Waals surface area contributed by atoms with Crippen LogP contribution in [0.1, 0.15) is 29.2 Å². The van der Waals surface area contributed by atoms with Crippen LogP contribution < -0.4 is 15.2 Å². The van der Waals surface area contributed by atoms with Crippen molar-refractivity contribution >= 4 is 0 Å². The van der Waals surface area contributed by atoms with Crippen LogP contribution in [0.4, 0.5) is 0 Å². The van der Waals surface area contributed by atoms with Crippen molar-refractivity contribution < 1.29 is 9.47 Å². The Bertz CT molecular complexity index is 610. The van der Waals surface area contributed by atoms with E-state index in [2.05, 4.69) is 12.1 Å². The van der Waals surface area contributed by atoms with Gasteiger partial charge in [0.25, 0.3) is 0 Å². The van der Waals surface area contributed by atoms with Gasteiger partial charge in [0.15, 0.2) is 0 Å². The molecule has 2 aromatic rings. The number of nitrogens with two attached hydrogens (primary N) is 1. The minimum Gasteiger partial charge on any atom is -0.496 e. The fraction of sp³-hybridized carbons (Fsp3) is 0.294. The first-order valence-electron chi connectivity index (χ1n) is 6.91. The fourth-order valence-corrected chi connectivity index (χ4v) is 2.70. The number of rotatable bonds is 4. The monoisotopic (exact) mass is 269 g/mol. The maximum absolute atomic E-state index is 6.04. The van der Waals surface area contributed by atoms with Crippen molar-refractivity contribution in [2.45, 2.75) is 25.5 Å². The lowest BCUT2D eigenvalue weighted by Gasteiger charge is -2.11. The Hall–Kier alpha value is -2.00. The van der Waals surface area contributed by atoms with Gasteiger partial charge in [0.05, 0.1) is 7.11 Å². The number of para-hydroxylation sites is 1. The molecule has 0 aliphatic heterocycles. The Morgan fingerprint density at radius 2 is 2.05 bits per heavy atom. The summed E-state index contributed by atoms with van der Waals surface area (Å²) in [5.74, 6) is 1.75. The van der Waals surface area contributed by atoms with E-state index in [1.807, 2.05) is 30.3 Å². The van der Waals surface area contributed by atoms with Crippen LogP contribution >= 0.6 is 0 Å². The Morgan fingerprint density at radius 3 is 2.90 bits per heavy atom. The van der Waals surface area contributed by atoms with Gasteiger partial charge in [-0.2, -0.15) is 0 Å². The van der Waals surface area contributed by atoms with Crippen LogP contribution in [-0.2, 0) is 13.0 Å². The van der Waals surface area contributed by atoms with Gasteiger partial charge in [0.1, 0.15) is 18.1 Å². The molecule has 3 heteroatoms. The lowest BCUT2D eigenvalue weighted by atomic mass is 10.1. The molecule has 0 bridgehead atoms. The summed E-state index contributed by atoms with van der Waals surface area (Å²) in [5, 5.41) is 0. The summed E-state index contributed by atoms with van der Waals surface area (Å²) < 4.78 is 11.2. The number of benzene rings is 2. The lowest BCUT2D eigenvalue weighted by molar-refractivity contribution is 0.296. The zero-order valence-electron chi connectivity index (χ0n) is 11.6. The maximum atomic E-state index is 6.04. The molecule has 0 saturated heterocycles. The Balaban J connectivity index is 1.73. The van der Waals surface area contributed by atoms with Gasteiger partial charge in [-0.3, -0.25) is 0 Å². The van der Waals surface area contributed by atoms with Gasteiger partial charge in [0.2, 0.25) is 0 Å². The molecular weight excluding hydrogens is 250 g/mol. The third-order valence-corrected chi connectivity index (χ3v) is 3.83. The highest BCUT2D eigenvalue weighted by Gasteiger charge is 2.19. The number of methoxy groups -OCH3 is 1. The van der Waals surface area contributed by atoms with Crippen LogP contribution in [0.3, 0.4) is 0 Å². The largest absolute Gasteiger partial charge is 0.496 e. The van der Waals surface area contributed by atoms with E-state index < -0.39 is 0 Å². The van der Waals surface area contributed by atoms with Gasteiger partial charge in [-0.05, 0) is 42.2 Å². The van der Waals surface area contributed by atoms with Crippen molar-refractivity contribution in [2.24, 2.45) is 5.73 Å². The minimum absolute atomic E-state index is 0.188. The molecule has 20 heavy (non-hydrogen) atoms. The summed E-state index contributed by atoms with van der Waals surface area (Å²) in [6.45, 7) is 0.509. The van der Waals surface area contributed by atoms with Crippen LogP contribution in [0.15, 0.2) is 42.5 Å². The van der Waals surface area contributed by atoms with Crippen molar-refractivity contribution in [3.63, 3.8) is 0 Å². The molecule has 1 aliphatic rings. The summed E-state index contributed by atoms with van der Waals surface area (Å²) in [6.07, 6.45) is 2.08. The Labute approximate surface area is 119 Å². The SMILES string of the molecule is COc1ccccc1COc1ccc2c(c1)CC[C@@H]2N. The molecule has 0 spiro atoms. The normalized spacial score (nSPS) is 16.8. The van der Waals surface area contributed by atoms with Gasteiger partial charge in [-0.15, -0.1) is 0 Å². The second kappa shape index (κ2) is 5.55. The van der Waals surface area contributed by atoms with Gasteiger partial charge in [0, 0.05) is 11.6 Å². The predicted molar refractivity (Wildman–Crippen MR) is 79.0 cm³/mol. The molecule has 104 valence electrons. The predicted octanol–water partition coefficient (Wildman–Crippen LogP) is 3.22. The highest BCUT2D eigenvalue weighted by Crippen LogP contribution is 2.32. The molecule has 2 N–H and O–H groups in total. The van der Waals surface area contributed by atoms with E-state index >= 15 is 0 Å². The summed E-state index contributed by atoms with van der Waals surface area (Å²) in [5.41, 5.74) is 9.66. The van der Waals surface area contributed by atoms with Crippen molar-refractivity contribution in [2.75, 3.05) is 7.11 Å². The first-order valence-corrected chi connectivity index (χ1v) is 6.91. The summed E-state index contributed by atoms with van der Waals surface area (Å²) in [4.78, 5) is 0. The van der Waals surface area contributed by atoms with E-state index in [4.69, 9.17) is 15.2 Å². The number of aryl methyl sites for hydroxylation is 1. The molecule has 1 atom stereocenters. The molecule has 3 rings (SSSR count). The van der Waals surface area contributed by atoms with E-state index in [1.165, 1.54) is 11.1 Å². The molecule has 0 saturated carbocycles. The number of hydrogen-bond donors (Lipinski definition) is 1. The van der Waals surface area contributed by atoms with Gasteiger partial charge >= 0.3 is 0 Å². The Morgan fingerprint density at radius 1 is 1.20 bits per heavy atom. The quantitative estimate of drug-likeness (QED) is 0.927. The van der Waals surface area contributed by atoms with E-state index in [0.29, 0.717) is 6.61 Å². The standard InChI is InChI=1S/C17H19NO2/c1-19-17-5-3-2-4-13(17)11-20-14-7-8-15-12(10-14)6-9-16(15)18/h2-5,7-8,10,16H,6,9,11,18H2,1H3/t16-/m0/s1. The Kier molecular flexibility index (Phi) is 3.61. The molecular formula is C17H19NO2. The third-order valence-electron chi connectivity index (χ3n) is 3.83. The summed E-state index contributed by atoms with van der Waals surface area (Å²) in [7, 11) is 1.68. The molecule has 0 unspecified atom stereocenters. The summed E-state index contributed by atoms with van der Waals surface area (Å²) in [6, 6.07) is 14.3. The van der Waals surface area contributed by atoms with Crippen LogP contribution in [-0.4, -0.2) is 7.11 Å². The average Bonchev–Trinajstić information content (AvgIpc) is 2.86. The number of hydrogen-bond acceptors (Lipinski definition) is 3. The average molecular weight is 269 g/mol. The molecule has 0 heterocycles. The third kappa shape index (κ3) is 2.49. The van der Waals surface area contributed by atoms with Crippen LogP contribution in [0.2, 0.25) is 0 Å². The van der Waals surface area contributed by atoms with Crippen molar-refractivity contribution in [3.8, 4) is 11.5 Å². The fourth-order valence-electron chi connectivity index (χ4n) is 2.70. The van der Waals surface area contributed by atoms with Crippen molar-refractivity contribution in [3.05, 3.63) is 59.2 Å². The van der Waals surface area contributed by atoms with Crippen LogP contribution in [0.5, 0.6) is 11.5 Å². The molecule has 0 amide bonds.